The molecule has 0 amide bonds. The predicted molar refractivity (Wildman–Crippen MR) is 68.0 cm³/mol. The summed E-state index contributed by atoms with van der Waals surface area (Å²) in [5, 5.41) is 0. The van der Waals surface area contributed by atoms with Crippen LogP contribution in [0.5, 0.6) is 0 Å². The fourth-order valence-corrected chi connectivity index (χ4v) is 2.45. The Bertz CT molecular complexity index is 135. The molecule has 0 atom stereocenters. The van der Waals surface area contributed by atoms with Crippen molar-refractivity contribution in [2.24, 2.45) is 0 Å². The van der Waals surface area contributed by atoms with Crippen molar-refractivity contribution in [3.63, 3.8) is 0 Å². The number of hydrogen-bond acceptors (Lipinski definition) is 0. The van der Waals surface area contributed by atoms with Crippen molar-refractivity contribution in [2.45, 2.75) is 65.2 Å². The van der Waals surface area contributed by atoms with Crippen LogP contribution >= 0.6 is 0 Å². The van der Waals surface area contributed by atoms with Gasteiger partial charge in [0.05, 0.1) is 13.1 Å². The molecule has 0 aromatic carbocycles. The fourth-order valence-electron chi connectivity index (χ4n) is 2.45. The van der Waals surface area contributed by atoms with Crippen molar-refractivity contribution in [3.8, 4) is 0 Å². The smallest absolute Gasteiger partial charge is 0.129 e. The largest absolute Gasteiger partial charge is 0.314 e. The Labute approximate surface area is 96.4 Å². The first-order valence-electron chi connectivity index (χ1n) is 7.18. The van der Waals surface area contributed by atoms with Crippen LogP contribution in [0.25, 0.3) is 0 Å². The molecule has 0 aromatic rings. The third-order valence-corrected chi connectivity index (χ3v) is 3.83. The molecule has 1 aliphatic heterocycles. The predicted octanol–water partition coefficient (Wildman–Crippen LogP) is 3.98. The summed E-state index contributed by atoms with van der Waals surface area (Å²) in [5.41, 5.74) is 0. The fraction of sp³-hybridized carbons (Fsp3) is 1.00. The highest BCUT2D eigenvalue weighted by molar-refractivity contribution is 4.58. The van der Waals surface area contributed by atoms with Gasteiger partial charge in [0.2, 0.25) is 0 Å². The van der Waals surface area contributed by atoms with Gasteiger partial charge in [-0.3, -0.25) is 0 Å². The van der Waals surface area contributed by atoms with Crippen LogP contribution in [0.1, 0.15) is 65.2 Å². The molecule has 90 valence electrons. The zero-order chi connectivity index (χ0) is 11.0. The highest BCUT2D eigenvalue weighted by Crippen LogP contribution is 2.24. The summed E-state index contributed by atoms with van der Waals surface area (Å²) >= 11 is 0. The van der Waals surface area contributed by atoms with E-state index in [0.29, 0.717) is 0 Å². The maximum absolute atomic E-state index is 2.30. The maximum Gasteiger partial charge on any atom is 0.129 e. The lowest BCUT2D eigenvalue weighted by Gasteiger charge is -2.18. The standard InChI is InChI=1S/C14H30N/c1-3-5-7-9-11-15(13-14-15)12-10-8-6-4-2/h3-14H2,1-2H3/q+1. The second-order valence-corrected chi connectivity index (χ2v) is 5.36. The molecule has 0 aromatic heterocycles. The number of rotatable bonds is 10. The molecule has 0 aliphatic carbocycles. The van der Waals surface area contributed by atoms with Crippen LogP contribution in [0.15, 0.2) is 0 Å². The Balaban J connectivity index is 1.96. The number of quaternary nitrogens is 1. The molecule has 1 heteroatoms. The molecule has 1 fully saturated rings. The maximum atomic E-state index is 2.30. The minimum Gasteiger partial charge on any atom is -0.314 e. The van der Waals surface area contributed by atoms with Crippen LogP contribution in [0.4, 0.5) is 0 Å². The van der Waals surface area contributed by atoms with E-state index in [1.165, 1.54) is 82.0 Å². The van der Waals surface area contributed by atoms with E-state index >= 15 is 0 Å². The monoisotopic (exact) mass is 212 g/mol. The molecule has 0 saturated carbocycles. The summed E-state index contributed by atoms with van der Waals surface area (Å²) in [5.74, 6) is 0. The summed E-state index contributed by atoms with van der Waals surface area (Å²) in [7, 11) is 0. The summed E-state index contributed by atoms with van der Waals surface area (Å²) in [6.45, 7) is 10.5. The van der Waals surface area contributed by atoms with Crippen molar-refractivity contribution in [1.82, 2.24) is 0 Å². The summed E-state index contributed by atoms with van der Waals surface area (Å²) in [4.78, 5) is 0. The lowest BCUT2D eigenvalue weighted by atomic mass is 10.2. The Morgan fingerprint density at radius 3 is 1.47 bits per heavy atom. The molecule has 1 nitrogen and oxygen atoms in total. The SMILES string of the molecule is CCCCCC[N+]1(CCCCCC)CC1. The van der Waals surface area contributed by atoms with Crippen LogP contribution in [-0.4, -0.2) is 30.7 Å². The van der Waals surface area contributed by atoms with E-state index in [-0.39, 0.29) is 0 Å². The van der Waals surface area contributed by atoms with Crippen molar-refractivity contribution in [3.05, 3.63) is 0 Å². The second kappa shape index (κ2) is 7.27. The molecule has 1 rings (SSSR count). The molecule has 0 spiro atoms. The van der Waals surface area contributed by atoms with E-state index < -0.39 is 0 Å². The van der Waals surface area contributed by atoms with Crippen LogP contribution in [0, 0.1) is 0 Å². The van der Waals surface area contributed by atoms with Crippen LogP contribution in [0.2, 0.25) is 0 Å². The normalized spacial score (nSPS) is 18.0. The van der Waals surface area contributed by atoms with E-state index in [1.807, 2.05) is 0 Å². The van der Waals surface area contributed by atoms with Gasteiger partial charge in [0, 0.05) is 0 Å². The quantitative estimate of drug-likeness (QED) is 0.292. The minimum absolute atomic E-state index is 1.37. The molecule has 0 bridgehead atoms. The molecule has 15 heavy (non-hydrogen) atoms. The van der Waals surface area contributed by atoms with Gasteiger partial charge in [0.1, 0.15) is 13.1 Å². The average molecular weight is 212 g/mol. The van der Waals surface area contributed by atoms with E-state index in [9.17, 15) is 0 Å². The minimum atomic E-state index is 1.37. The Morgan fingerprint density at radius 2 is 1.13 bits per heavy atom. The average Bonchev–Trinajstić information content (AvgIpc) is 3.01. The third kappa shape index (κ3) is 5.55. The lowest BCUT2D eigenvalue weighted by molar-refractivity contribution is -0.800. The van der Waals surface area contributed by atoms with Crippen molar-refractivity contribution in [1.29, 1.82) is 0 Å². The molecular formula is C14H30N+. The van der Waals surface area contributed by atoms with Gasteiger partial charge in [-0.15, -0.1) is 0 Å². The number of hydrogen-bond donors (Lipinski definition) is 0. The summed E-state index contributed by atoms with van der Waals surface area (Å²) < 4.78 is 1.48. The van der Waals surface area contributed by atoms with Gasteiger partial charge in [-0.2, -0.15) is 0 Å². The highest BCUT2D eigenvalue weighted by atomic mass is 15.5. The first-order valence-corrected chi connectivity index (χ1v) is 7.18. The number of nitrogens with zero attached hydrogens (tertiary/aromatic N) is 1. The molecule has 1 heterocycles. The van der Waals surface area contributed by atoms with Gasteiger partial charge in [-0.25, -0.2) is 0 Å². The topological polar surface area (TPSA) is 0 Å². The van der Waals surface area contributed by atoms with Crippen LogP contribution < -0.4 is 0 Å². The lowest BCUT2D eigenvalue weighted by Crippen LogP contribution is -2.28. The number of unbranched alkanes of at least 4 members (excludes halogenated alkanes) is 6. The molecule has 1 saturated heterocycles. The van der Waals surface area contributed by atoms with Gasteiger partial charge in [0.25, 0.3) is 0 Å². The van der Waals surface area contributed by atoms with Crippen molar-refractivity contribution in [2.75, 3.05) is 26.2 Å². The van der Waals surface area contributed by atoms with E-state index in [1.54, 1.807) is 0 Å². The molecule has 0 N–H and O–H groups in total. The highest BCUT2D eigenvalue weighted by Gasteiger charge is 2.40. The van der Waals surface area contributed by atoms with Gasteiger partial charge in [-0.1, -0.05) is 39.5 Å². The Hall–Kier alpha value is -0.0400. The molecular weight excluding hydrogens is 182 g/mol. The zero-order valence-electron chi connectivity index (χ0n) is 10.9. The zero-order valence-corrected chi connectivity index (χ0v) is 10.9. The van der Waals surface area contributed by atoms with Crippen molar-refractivity contribution < 1.29 is 4.48 Å². The van der Waals surface area contributed by atoms with Gasteiger partial charge in [0.15, 0.2) is 0 Å². The van der Waals surface area contributed by atoms with Gasteiger partial charge < -0.3 is 4.48 Å². The van der Waals surface area contributed by atoms with E-state index in [4.69, 9.17) is 0 Å². The van der Waals surface area contributed by atoms with Crippen LogP contribution in [-0.2, 0) is 0 Å². The van der Waals surface area contributed by atoms with E-state index in [2.05, 4.69) is 13.8 Å². The van der Waals surface area contributed by atoms with Crippen LogP contribution in [0.3, 0.4) is 0 Å². The molecule has 1 aliphatic rings. The van der Waals surface area contributed by atoms with Gasteiger partial charge in [-0.05, 0) is 25.7 Å². The molecule has 0 unspecified atom stereocenters. The Kier molecular flexibility index (Phi) is 6.31. The van der Waals surface area contributed by atoms with Crippen molar-refractivity contribution >= 4 is 0 Å². The second-order valence-electron chi connectivity index (χ2n) is 5.36. The Morgan fingerprint density at radius 1 is 0.667 bits per heavy atom. The third-order valence-electron chi connectivity index (χ3n) is 3.83. The summed E-state index contributed by atoms with van der Waals surface area (Å²) in [6, 6.07) is 0. The summed E-state index contributed by atoms with van der Waals surface area (Å²) in [6.07, 6.45) is 11.5. The van der Waals surface area contributed by atoms with Gasteiger partial charge >= 0.3 is 0 Å². The molecule has 0 radical (unpaired) electrons. The first kappa shape index (κ1) is 13.0. The first-order chi connectivity index (χ1) is 7.33. The van der Waals surface area contributed by atoms with E-state index in [0.717, 1.165) is 0 Å².